The Hall–Kier alpha value is -2.31. The first-order chi connectivity index (χ1) is 12.1. The van der Waals surface area contributed by atoms with Gasteiger partial charge in [0.2, 0.25) is 0 Å². The first-order valence-corrected chi connectivity index (χ1v) is 8.16. The molecule has 2 N–H and O–H groups in total. The van der Waals surface area contributed by atoms with Gasteiger partial charge in [-0.1, -0.05) is 12.1 Å². The molecule has 0 bridgehead atoms. The Morgan fingerprint density at radius 2 is 2.08 bits per heavy atom. The minimum absolute atomic E-state index is 0. The van der Waals surface area contributed by atoms with E-state index in [1.54, 1.807) is 19.2 Å². The van der Waals surface area contributed by atoms with Gasteiger partial charge >= 0.3 is 0 Å². The number of halogens is 2. The summed E-state index contributed by atoms with van der Waals surface area (Å²) >= 11 is 0. The number of carbonyl (C=O) groups excluding carboxylic acids is 1. The van der Waals surface area contributed by atoms with Crippen molar-refractivity contribution in [1.82, 2.24) is 5.32 Å². The number of aryl methyl sites for hydroxylation is 1. The number of fused-ring (bicyclic) bond motifs is 1. The van der Waals surface area contributed by atoms with Gasteiger partial charge in [0.1, 0.15) is 5.82 Å². The van der Waals surface area contributed by atoms with E-state index in [4.69, 9.17) is 9.47 Å². The van der Waals surface area contributed by atoms with Gasteiger partial charge in [0, 0.05) is 6.54 Å². The molecule has 0 unspecified atom stereocenters. The van der Waals surface area contributed by atoms with Gasteiger partial charge in [-0.15, -0.1) is 12.4 Å². The molecule has 5 nitrogen and oxygen atoms in total. The molecule has 0 aromatic heterocycles. The molecular formula is C19H22ClFN2O3. The van der Waals surface area contributed by atoms with Crippen LogP contribution >= 0.6 is 12.4 Å². The van der Waals surface area contributed by atoms with E-state index in [-0.39, 0.29) is 30.5 Å². The third-order valence-corrected chi connectivity index (χ3v) is 4.16. The molecule has 0 saturated heterocycles. The molecular weight excluding hydrogens is 359 g/mol. The topological polar surface area (TPSA) is 59.6 Å². The van der Waals surface area contributed by atoms with Crippen LogP contribution in [-0.4, -0.2) is 26.2 Å². The maximum atomic E-state index is 14.5. The molecule has 26 heavy (non-hydrogen) atoms. The second-order valence-electron chi connectivity index (χ2n) is 5.98. The van der Waals surface area contributed by atoms with Crippen LogP contribution in [0.15, 0.2) is 30.3 Å². The Labute approximate surface area is 158 Å². The van der Waals surface area contributed by atoms with E-state index in [9.17, 15) is 9.18 Å². The highest BCUT2D eigenvalue weighted by Gasteiger charge is 2.18. The highest BCUT2D eigenvalue weighted by atomic mass is 35.5. The molecule has 0 radical (unpaired) electrons. The zero-order valence-corrected chi connectivity index (χ0v) is 15.5. The minimum Gasteiger partial charge on any atom is -0.493 e. The Morgan fingerprint density at radius 1 is 1.27 bits per heavy atom. The van der Waals surface area contributed by atoms with Crippen LogP contribution in [0.2, 0.25) is 0 Å². The van der Waals surface area contributed by atoms with Gasteiger partial charge < -0.3 is 20.1 Å². The molecule has 140 valence electrons. The van der Waals surface area contributed by atoms with Crippen molar-refractivity contribution >= 4 is 24.0 Å². The molecule has 0 atom stereocenters. The van der Waals surface area contributed by atoms with Crippen LogP contribution in [0.5, 0.6) is 11.5 Å². The maximum absolute atomic E-state index is 14.5. The van der Waals surface area contributed by atoms with Crippen molar-refractivity contribution < 1.29 is 18.7 Å². The predicted octanol–water partition coefficient (Wildman–Crippen LogP) is 3.23. The fraction of sp³-hybridized carbons (Fsp3) is 0.316. The van der Waals surface area contributed by atoms with Crippen molar-refractivity contribution in [1.29, 1.82) is 0 Å². The molecule has 1 heterocycles. The van der Waals surface area contributed by atoms with E-state index in [0.717, 1.165) is 17.7 Å². The van der Waals surface area contributed by atoms with Gasteiger partial charge in [0.05, 0.1) is 12.8 Å². The summed E-state index contributed by atoms with van der Waals surface area (Å²) in [6.45, 7) is 3.10. The van der Waals surface area contributed by atoms with E-state index in [0.29, 0.717) is 30.0 Å². The van der Waals surface area contributed by atoms with Gasteiger partial charge in [0.25, 0.3) is 5.91 Å². The van der Waals surface area contributed by atoms with Crippen LogP contribution in [0.1, 0.15) is 16.7 Å². The molecule has 3 rings (SSSR count). The molecule has 2 aromatic carbocycles. The van der Waals surface area contributed by atoms with Crippen molar-refractivity contribution in [3.63, 3.8) is 0 Å². The highest BCUT2D eigenvalue weighted by molar-refractivity contribution is 5.92. The summed E-state index contributed by atoms with van der Waals surface area (Å²) in [6, 6.07) is 8.86. The van der Waals surface area contributed by atoms with E-state index in [2.05, 4.69) is 10.6 Å². The molecule has 1 aliphatic rings. The zero-order valence-electron chi connectivity index (χ0n) is 14.7. The van der Waals surface area contributed by atoms with Crippen LogP contribution in [0.25, 0.3) is 0 Å². The number of ether oxygens (including phenoxy) is 2. The van der Waals surface area contributed by atoms with E-state index >= 15 is 0 Å². The van der Waals surface area contributed by atoms with Crippen molar-refractivity contribution in [2.45, 2.75) is 19.9 Å². The number of rotatable bonds is 5. The minimum atomic E-state index is -0.421. The largest absolute Gasteiger partial charge is 0.493 e. The molecule has 1 amide bonds. The van der Waals surface area contributed by atoms with Crippen LogP contribution in [0.4, 0.5) is 10.1 Å². The molecule has 7 heteroatoms. The van der Waals surface area contributed by atoms with Crippen LogP contribution in [0, 0.1) is 12.7 Å². The third kappa shape index (κ3) is 4.45. The lowest BCUT2D eigenvalue weighted by Gasteiger charge is -2.19. The lowest BCUT2D eigenvalue weighted by molar-refractivity contribution is -0.118. The second-order valence-corrected chi connectivity index (χ2v) is 5.98. The number of hydrogen-bond donors (Lipinski definition) is 2. The number of nitrogens with one attached hydrogen (secondary N) is 2. The Kier molecular flexibility index (Phi) is 6.83. The summed E-state index contributed by atoms with van der Waals surface area (Å²) in [5, 5.41) is 5.77. The standard InChI is InChI=1S/C19H21FN2O3.ClH/c1-12-3-6-16(17(9-12)24-2)25-11-18(23)22-15-5-4-13-10-21-8-7-14(13)19(15)20;/h3-6,9,21H,7-8,10-11H2,1-2H3,(H,22,23);1H. The van der Waals surface area contributed by atoms with Crippen molar-refractivity contribution in [3.05, 3.63) is 52.8 Å². The predicted molar refractivity (Wildman–Crippen MR) is 101 cm³/mol. The summed E-state index contributed by atoms with van der Waals surface area (Å²) in [5.74, 6) is 0.246. The molecule has 2 aromatic rings. The Balaban J connectivity index is 0.00000243. The summed E-state index contributed by atoms with van der Waals surface area (Å²) in [7, 11) is 1.54. The summed E-state index contributed by atoms with van der Waals surface area (Å²) in [4.78, 5) is 12.1. The molecule has 0 aliphatic carbocycles. The first-order valence-electron chi connectivity index (χ1n) is 8.16. The van der Waals surface area contributed by atoms with Gasteiger partial charge in [0.15, 0.2) is 18.1 Å². The fourth-order valence-electron chi connectivity index (χ4n) is 2.85. The first kappa shape index (κ1) is 20.0. The molecule has 0 fully saturated rings. The number of carbonyl (C=O) groups is 1. The summed E-state index contributed by atoms with van der Waals surface area (Å²) in [5.41, 5.74) is 2.81. The second kappa shape index (κ2) is 8.87. The smallest absolute Gasteiger partial charge is 0.262 e. The van der Waals surface area contributed by atoms with E-state index in [1.165, 1.54) is 0 Å². The summed E-state index contributed by atoms with van der Waals surface area (Å²) in [6.07, 6.45) is 0.613. The van der Waals surface area contributed by atoms with Crippen LogP contribution < -0.4 is 20.1 Å². The van der Waals surface area contributed by atoms with Crippen molar-refractivity contribution in [2.75, 3.05) is 25.6 Å². The number of amides is 1. The quantitative estimate of drug-likeness (QED) is 0.836. The number of benzene rings is 2. The maximum Gasteiger partial charge on any atom is 0.262 e. The van der Waals surface area contributed by atoms with E-state index in [1.807, 2.05) is 25.1 Å². The lowest BCUT2D eigenvalue weighted by Crippen LogP contribution is -2.26. The highest BCUT2D eigenvalue weighted by Crippen LogP contribution is 2.28. The molecule has 1 aliphatic heterocycles. The molecule has 0 spiro atoms. The van der Waals surface area contributed by atoms with Gasteiger partial charge in [-0.3, -0.25) is 4.79 Å². The fourth-order valence-corrected chi connectivity index (χ4v) is 2.85. The lowest BCUT2D eigenvalue weighted by atomic mass is 9.99. The average molecular weight is 381 g/mol. The van der Waals surface area contributed by atoms with Crippen molar-refractivity contribution in [3.8, 4) is 11.5 Å². The third-order valence-electron chi connectivity index (χ3n) is 4.16. The van der Waals surface area contributed by atoms with Gasteiger partial charge in [-0.25, -0.2) is 4.39 Å². The van der Waals surface area contributed by atoms with Crippen LogP contribution in [0.3, 0.4) is 0 Å². The van der Waals surface area contributed by atoms with Crippen LogP contribution in [-0.2, 0) is 17.8 Å². The normalized spacial score (nSPS) is 12.6. The Bertz CT molecular complexity index is 799. The van der Waals surface area contributed by atoms with Gasteiger partial charge in [-0.05, 0) is 54.8 Å². The monoisotopic (exact) mass is 380 g/mol. The summed E-state index contributed by atoms with van der Waals surface area (Å²) < 4.78 is 25.3. The van der Waals surface area contributed by atoms with Gasteiger partial charge in [-0.2, -0.15) is 0 Å². The zero-order chi connectivity index (χ0) is 17.8. The number of hydrogen-bond acceptors (Lipinski definition) is 4. The SMILES string of the molecule is COc1cc(C)ccc1OCC(=O)Nc1ccc2c(c1F)CCNC2.Cl. The van der Waals surface area contributed by atoms with Crippen molar-refractivity contribution in [2.24, 2.45) is 0 Å². The Morgan fingerprint density at radius 3 is 2.85 bits per heavy atom. The number of methoxy groups -OCH3 is 1. The molecule has 0 saturated carbocycles. The average Bonchev–Trinajstić information content (AvgIpc) is 2.63. The number of anilines is 1. The van der Waals surface area contributed by atoms with E-state index < -0.39 is 5.91 Å².